The van der Waals surface area contributed by atoms with Crippen molar-refractivity contribution in [1.29, 1.82) is 0 Å². The fourth-order valence-electron chi connectivity index (χ4n) is 7.69. The van der Waals surface area contributed by atoms with Crippen LogP contribution in [0.5, 0.6) is 0 Å². The van der Waals surface area contributed by atoms with E-state index in [4.69, 9.17) is 28.4 Å². The molecule has 2 rings (SSSR count). The monoisotopic (exact) mass is 1200 g/mol. The molecule has 83 heavy (non-hydrogen) atoms. The van der Waals surface area contributed by atoms with E-state index in [-0.39, 0.29) is 122 Å². The van der Waals surface area contributed by atoms with Crippen LogP contribution < -0.4 is 26.6 Å². The van der Waals surface area contributed by atoms with Gasteiger partial charge in [0, 0.05) is 76.6 Å². The minimum Gasteiger partial charge on any atom is -0.480 e. The third kappa shape index (κ3) is 31.0. The number of ether oxygens (including phenoxy) is 6. The summed E-state index contributed by atoms with van der Waals surface area (Å²) in [7, 11) is 5.67. The molecule has 28 nitrogen and oxygen atoms in total. The quantitative estimate of drug-likeness (QED) is 0.0172. The fourth-order valence-corrected chi connectivity index (χ4v) is 8.16. The Kier molecular flexibility index (Phi) is 36.8. The Labute approximate surface area is 487 Å². The molecule has 0 saturated heterocycles. The number of carboxylic acids is 1. The van der Waals surface area contributed by atoms with Crippen LogP contribution in [0.15, 0.2) is 30.4 Å². The third-order valence-electron chi connectivity index (χ3n) is 12.5. The number of amides is 7. The van der Waals surface area contributed by atoms with Crippen LogP contribution >= 0.6 is 11.8 Å². The molecule has 466 valence electrons. The Hall–Kier alpha value is -6.67. The number of carbonyl (C=O) groups is 11. The Morgan fingerprint density at radius 1 is 0.663 bits per heavy atom. The lowest BCUT2D eigenvalue weighted by molar-refractivity contribution is -0.144. The Morgan fingerprint density at radius 3 is 1.83 bits per heavy atom. The molecule has 1 aliphatic heterocycles. The summed E-state index contributed by atoms with van der Waals surface area (Å²) in [4.78, 5) is 144. The maximum absolute atomic E-state index is 15.6. The molecule has 0 radical (unpaired) electrons. The van der Waals surface area contributed by atoms with Crippen LogP contribution in [0.1, 0.15) is 48.5 Å². The number of carboxylic acid groups (broad SMARTS) is 1. The van der Waals surface area contributed by atoms with Crippen LogP contribution in [0.25, 0.3) is 0 Å². The molecule has 0 unspecified atom stereocenters. The summed E-state index contributed by atoms with van der Waals surface area (Å²) in [6, 6.07) is 1.46. The van der Waals surface area contributed by atoms with Gasteiger partial charge in [-0.25, -0.2) is 9.18 Å². The normalized spacial score (nSPS) is 12.8. The van der Waals surface area contributed by atoms with Crippen LogP contribution in [-0.4, -0.2) is 279 Å². The highest BCUT2D eigenvalue weighted by atomic mass is 32.2. The van der Waals surface area contributed by atoms with Gasteiger partial charge < -0.3 is 60.1 Å². The van der Waals surface area contributed by atoms with E-state index in [0.717, 1.165) is 17.1 Å². The summed E-state index contributed by atoms with van der Waals surface area (Å²) < 4.78 is 46.5. The number of unbranched alkanes of at least 4 members (excludes halogenated alkanes) is 1. The lowest BCUT2D eigenvalue weighted by Crippen LogP contribution is -2.51. The van der Waals surface area contributed by atoms with Gasteiger partial charge in [-0.1, -0.05) is 19.1 Å². The van der Waals surface area contributed by atoms with Crippen molar-refractivity contribution in [2.24, 2.45) is 0 Å². The number of hydrogen-bond donors (Lipinski definition) is 6. The summed E-state index contributed by atoms with van der Waals surface area (Å²) in [5.74, 6) is -7.35. The molecule has 0 fully saturated rings. The molecule has 0 aromatic heterocycles. The summed E-state index contributed by atoms with van der Waals surface area (Å²) in [6.07, 6.45) is 4.71. The van der Waals surface area contributed by atoms with E-state index in [1.807, 2.05) is 21.6 Å². The zero-order chi connectivity index (χ0) is 61.5. The van der Waals surface area contributed by atoms with E-state index in [9.17, 15) is 57.8 Å². The van der Waals surface area contributed by atoms with Gasteiger partial charge in [0.15, 0.2) is 0 Å². The first-order valence-electron chi connectivity index (χ1n) is 27.0. The first-order valence-corrected chi connectivity index (χ1v) is 28.4. The summed E-state index contributed by atoms with van der Waals surface area (Å²) in [5, 5.41) is 22.1. The number of benzene rings is 1. The maximum Gasteiger partial charge on any atom is 0.326 e. The molecule has 30 heteroatoms. The average Bonchev–Trinajstić information content (AvgIpc) is 3.84. The molecule has 2 atom stereocenters. The molecule has 6 N–H and O–H groups in total. The molecule has 0 bridgehead atoms. The van der Waals surface area contributed by atoms with Crippen LogP contribution in [0, 0.1) is 5.82 Å². The highest BCUT2D eigenvalue weighted by Gasteiger charge is 2.27. The van der Waals surface area contributed by atoms with E-state index in [1.165, 1.54) is 51.3 Å². The topological polar surface area (TPSA) is 340 Å². The number of rotatable bonds is 46. The number of likely N-dealkylation sites (N-methyl/N-ethyl adjacent to an activating group) is 2. The molecule has 0 saturated carbocycles. The smallest absolute Gasteiger partial charge is 0.326 e. The standard InChI is InChI=1S/C53H83FN10O18S/c1-7-61(21-22-63(36-49(72)79-5)24-23-62(35-48(71)78-4)20-19-60(2)34-47(70)77-3)33-43(66)55-17-25-80-26-27-81-28-29-82-37-44(67)56-31-38-11-10-12-39(50(38)54)51(73)59-40(16-30-83-6)52(74)57-32-42(65)58-41(53(75)76)13-8-9-18-64-45(68)14-15-46(64)69/h10-12,14-15,40-41H,7-9,13,16-37H2,1-6H3,(H,55,66)(H,56,67)(H,57,74)(H,58,65)(H,59,73)(H,75,76)/t40-,41-/m0/s1. The zero-order valence-electron chi connectivity index (χ0n) is 48.3. The van der Waals surface area contributed by atoms with Crippen LogP contribution in [-0.2, 0) is 82.9 Å². The minimum atomic E-state index is -1.33. The second-order valence-corrected chi connectivity index (χ2v) is 19.7. The Bertz CT molecular complexity index is 2280. The number of nitrogens with zero attached hydrogens (tertiary/aromatic N) is 5. The predicted molar refractivity (Wildman–Crippen MR) is 299 cm³/mol. The second-order valence-electron chi connectivity index (χ2n) is 18.7. The molecule has 7 amide bonds. The molecular formula is C53H83FN10O18S. The van der Waals surface area contributed by atoms with Gasteiger partial charge in [-0.05, 0) is 57.4 Å². The highest BCUT2D eigenvalue weighted by molar-refractivity contribution is 7.98. The van der Waals surface area contributed by atoms with Crippen molar-refractivity contribution in [2.45, 2.75) is 51.2 Å². The summed E-state index contributed by atoms with van der Waals surface area (Å²) in [6.45, 7) is 5.16. The number of methoxy groups -OCH3 is 3. The summed E-state index contributed by atoms with van der Waals surface area (Å²) in [5.41, 5.74) is -0.427. The number of aliphatic carboxylic acids is 1. The van der Waals surface area contributed by atoms with Crippen molar-refractivity contribution in [3.05, 3.63) is 47.3 Å². The van der Waals surface area contributed by atoms with Gasteiger partial charge >= 0.3 is 23.9 Å². The van der Waals surface area contributed by atoms with E-state index in [1.54, 1.807) is 18.2 Å². The van der Waals surface area contributed by atoms with Crippen molar-refractivity contribution in [2.75, 3.05) is 172 Å². The molecule has 0 aliphatic carbocycles. The number of carbonyl (C=O) groups excluding carboxylic acids is 10. The van der Waals surface area contributed by atoms with Crippen molar-refractivity contribution < 1.29 is 90.7 Å². The Morgan fingerprint density at radius 2 is 1.24 bits per heavy atom. The number of hydrogen-bond acceptors (Lipinski definition) is 22. The van der Waals surface area contributed by atoms with Crippen molar-refractivity contribution >= 4 is 77.0 Å². The van der Waals surface area contributed by atoms with Gasteiger partial charge in [0.2, 0.25) is 23.6 Å². The van der Waals surface area contributed by atoms with Gasteiger partial charge in [-0.2, -0.15) is 11.8 Å². The first-order chi connectivity index (χ1) is 39.7. The molecular weight excluding hydrogens is 1120 g/mol. The summed E-state index contributed by atoms with van der Waals surface area (Å²) >= 11 is 1.37. The van der Waals surface area contributed by atoms with Gasteiger partial charge in [0.25, 0.3) is 17.7 Å². The van der Waals surface area contributed by atoms with Gasteiger partial charge in [-0.15, -0.1) is 0 Å². The third-order valence-corrected chi connectivity index (χ3v) is 13.2. The van der Waals surface area contributed by atoms with Gasteiger partial charge in [0.05, 0.1) is 92.7 Å². The molecule has 1 heterocycles. The van der Waals surface area contributed by atoms with Gasteiger partial charge in [0.1, 0.15) is 24.5 Å². The van der Waals surface area contributed by atoms with E-state index in [2.05, 4.69) is 26.6 Å². The van der Waals surface area contributed by atoms with E-state index >= 15 is 4.39 Å². The maximum atomic E-state index is 15.6. The van der Waals surface area contributed by atoms with Crippen molar-refractivity contribution in [3.63, 3.8) is 0 Å². The van der Waals surface area contributed by atoms with Crippen LogP contribution in [0.2, 0.25) is 0 Å². The fraction of sp³-hybridized carbons (Fsp3) is 0.642. The number of thioether (sulfide) groups is 1. The van der Waals surface area contributed by atoms with E-state index < -0.39 is 83.4 Å². The highest BCUT2D eigenvalue weighted by Crippen LogP contribution is 2.15. The van der Waals surface area contributed by atoms with Crippen molar-refractivity contribution in [1.82, 2.24) is 51.1 Å². The van der Waals surface area contributed by atoms with Crippen LogP contribution in [0.4, 0.5) is 4.39 Å². The first kappa shape index (κ1) is 72.4. The van der Waals surface area contributed by atoms with Crippen LogP contribution in [0.3, 0.4) is 0 Å². The molecule has 1 aromatic carbocycles. The predicted octanol–water partition coefficient (Wildman–Crippen LogP) is -2.38. The second kappa shape index (κ2) is 42.2. The number of nitrogens with one attached hydrogen (secondary N) is 5. The molecule has 1 aliphatic rings. The lowest BCUT2D eigenvalue weighted by Gasteiger charge is -2.29. The zero-order valence-corrected chi connectivity index (χ0v) is 49.2. The number of halogens is 1. The Balaban J connectivity index is 1.69. The average molecular weight is 1200 g/mol. The lowest BCUT2D eigenvalue weighted by atomic mass is 10.1. The number of esters is 3. The van der Waals surface area contributed by atoms with Crippen molar-refractivity contribution in [3.8, 4) is 0 Å². The molecule has 1 aromatic rings. The number of imide groups is 1. The SMILES string of the molecule is CCN(CCN(CCN(CCN(C)CC(=O)OC)CC(=O)OC)CC(=O)OC)CC(=O)NCCOCCOCCOCC(=O)NCc1cccc(C(=O)N[C@@H](CCSC)C(=O)NCC(=O)N[C@@H](CCCCN2C(=O)C=CC2=O)C(=O)O)c1F. The molecule has 0 spiro atoms. The minimum absolute atomic E-state index is 0.000726. The van der Waals surface area contributed by atoms with E-state index in [0.29, 0.717) is 58.0 Å². The largest absolute Gasteiger partial charge is 0.480 e. The van der Waals surface area contributed by atoms with Gasteiger partial charge in [-0.3, -0.25) is 72.4 Å².